The zero-order valence-corrected chi connectivity index (χ0v) is 20.1. The maximum atomic E-state index is 8.52. The predicted molar refractivity (Wildman–Crippen MR) is 98.4 cm³/mol. The van der Waals surface area contributed by atoms with Gasteiger partial charge < -0.3 is 9.11 Å². The summed E-state index contributed by atoms with van der Waals surface area (Å²) in [4.78, 5) is 0. The van der Waals surface area contributed by atoms with E-state index in [4.69, 9.17) is 17.5 Å². The molecule has 0 radical (unpaired) electrons. The third-order valence-corrected chi connectivity index (χ3v) is 3.32. The Morgan fingerprint density at radius 2 is 0.556 bits per heavy atom. The first-order valence-corrected chi connectivity index (χ1v) is 8.81. The number of benzene rings is 4. The molecule has 0 amide bonds. The Morgan fingerprint density at radius 3 is 0.667 bits per heavy atom. The van der Waals surface area contributed by atoms with Crippen molar-refractivity contribution in [3.8, 4) is 0 Å². The van der Waals surface area contributed by atoms with Gasteiger partial charge in [-0.15, -0.1) is 0 Å². The zero-order valence-electron chi connectivity index (χ0n) is 15.3. The van der Waals surface area contributed by atoms with Crippen molar-refractivity contribution in [2.24, 2.45) is 0 Å². The van der Waals surface area contributed by atoms with E-state index in [0.29, 0.717) is 0 Å². The molecule has 0 atom stereocenters. The number of hydrogen-bond donors (Lipinski definition) is 0. The average Bonchev–Trinajstić information content (AvgIpc) is 2.61. The van der Waals surface area contributed by atoms with E-state index in [2.05, 4.69) is 97.1 Å². The molecule has 0 heterocycles. The van der Waals surface area contributed by atoms with Crippen molar-refractivity contribution in [2.45, 2.75) is 0 Å². The van der Waals surface area contributed by atoms with Crippen molar-refractivity contribution < 1.29 is 76.6 Å². The molecule has 4 aromatic rings. The Hall–Kier alpha value is -0.730. The molecule has 0 aliphatic rings. The van der Waals surface area contributed by atoms with Gasteiger partial charge in [0.15, 0.2) is 0 Å². The fourth-order valence-electron chi connectivity index (χ4n) is 2.27. The van der Waals surface area contributed by atoms with Crippen molar-refractivity contribution in [1.82, 2.24) is 0 Å². The molecule has 0 spiro atoms. The summed E-state index contributed by atoms with van der Waals surface area (Å²) in [6.07, 6.45) is 0. The molecule has 0 N–H and O–H groups in total. The summed E-state index contributed by atoms with van der Waals surface area (Å²) in [5, 5.41) is 5.24. The van der Waals surface area contributed by atoms with Crippen LogP contribution < -0.4 is 59.1 Å². The van der Waals surface area contributed by atoms with Crippen LogP contribution in [0.5, 0.6) is 0 Å². The quantitative estimate of drug-likeness (QED) is 0.202. The molecule has 4 rings (SSSR count). The zero-order chi connectivity index (χ0) is 18.1. The van der Waals surface area contributed by atoms with E-state index in [9.17, 15) is 0 Å². The van der Waals surface area contributed by atoms with Crippen molar-refractivity contribution in [3.05, 3.63) is 97.1 Å². The van der Waals surface area contributed by atoms with Crippen LogP contribution in [-0.4, -0.2) is 17.5 Å². The van der Waals surface area contributed by atoms with E-state index in [1.165, 1.54) is 21.5 Å². The first kappa shape index (κ1) is 26.3. The van der Waals surface area contributed by atoms with Gasteiger partial charge in [-0.1, -0.05) is 97.1 Å². The second kappa shape index (κ2) is 13.4. The standard InChI is InChI=1S/2C10H8.2Na.H2O4S/c2*1-2-6-10-8-4-3-7-9(10)5-1;;;1-5(2,3)4/h2*1-8H;;;(H2,1,2,3,4)/q;;2*+1;/p-2. The fraction of sp³-hybridized carbons (Fsp3) is 0. The van der Waals surface area contributed by atoms with Crippen LogP contribution in [0.4, 0.5) is 0 Å². The van der Waals surface area contributed by atoms with Gasteiger partial charge >= 0.3 is 59.1 Å². The molecule has 4 nitrogen and oxygen atoms in total. The van der Waals surface area contributed by atoms with E-state index in [1.54, 1.807) is 0 Å². The van der Waals surface area contributed by atoms with Crippen molar-refractivity contribution >= 4 is 31.9 Å². The Morgan fingerprint density at radius 1 is 0.444 bits per heavy atom. The van der Waals surface area contributed by atoms with Gasteiger partial charge in [0, 0.05) is 10.4 Å². The van der Waals surface area contributed by atoms with Gasteiger partial charge in [0.2, 0.25) is 0 Å². The summed E-state index contributed by atoms with van der Waals surface area (Å²) in [6.45, 7) is 0. The molecule has 27 heavy (non-hydrogen) atoms. The van der Waals surface area contributed by atoms with Gasteiger partial charge in [0.25, 0.3) is 0 Å². The summed E-state index contributed by atoms with van der Waals surface area (Å²) >= 11 is 0. The topological polar surface area (TPSA) is 80.3 Å². The molecule has 0 fully saturated rings. The van der Waals surface area contributed by atoms with Crippen LogP contribution >= 0.6 is 0 Å². The Kier molecular flexibility index (Phi) is 13.1. The van der Waals surface area contributed by atoms with E-state index >= 15 is 0 Å². The van der Waals surface area contributed by atoms with Crippen LogP contribution in [0, 0.1) is 0 Å². The van der Waals surface area contributed by atoms with Crippen molar-refractivity contribution in [3.63, 3.8) is 0 Å². The third kappa shape index (κ3) is 11.0. The molecular formula is C20H16Na2O4S. The van der Waals surface area contributed by atoms with Crippen LogP contribution in [0.15, 0.2) is 97.1 Å². The van der Waals surface area contributed by atoms with E-state index in [1.807, 2.05) is 0 Å². The molecule has 0 aromatic heterocycles. The molecule has 0 aliphatic heterocycles. The van der Waals surface area contributed by atoms with Crippen LogP contribution in [0.2, 0.25) is 0 Å². The number of fused-ring (bicyclic) bond motifs is 2. The average molecular weight is 398 g/mol. The summed E-state index contributed by atoms with van der Waals surface area (Å²) in [5.41, 5.74) is 0. The van der Waals surface area contributed by atoms with Crippen LogP contribution in [0.25, 0.3) is 21.5 Å². The molecule has 0 saturated carbocycles. The molecule has 0 saturated heterocycles. The fourth-order valence-corrected chi connectivity index (χ4v) is 2.27. The van der Waals surface area contributed by atoms with Gasteiger partial charge in [-0.05, 0) is 21.5 Å². The second-order valence-electron chi connectivity index (χ2n) is 5.10. The molecule has 128 valence electrons. The second-order valence-corrected chi connectivity index (χ2v) is 5.92. The number of rotatable bonds is 0. The maximum Gasteiger partial charge on any atom is 1.00 e. The van der Waals surface area contributed by atoms with E-state index in [-0.39, 0.29) is 59.1 Å². The normalized spacial score (nSPS) is 9.56. The van der Waals surface area contributed by atoms with Crippen molar-refractivity contribution in [1.29, 1.82) is 0 Å². The third-order valence-electron chi connectivity index (χ3n) is 3.32. The summed E-state index contributed by atoms with van der Waals surface area (Å²) in [7, 11) is -5.17. The minimum Gasteiger partial charge on any atom is -0.759 e. The summed E-state index contributed by atoms with van der Waals surface area (Å²) < 4.78 is 34.1. The molecule has 4 aromatic carbocycles. The Bertz CT molecular complexity index is 843. The first-order valence-electron chi connectivity index (χ1n) is 7.48. The van der Waals surface area contributed by atoms with Crippen molar-refractivity contribution in [2.75, 3.05) is 0 Å². The van der Waals surface area contributed by atoms with Crippen LogP contribution in [-0.2, 0) is 10.4 Å². The van der Waals surface area contributed by atoms with Crippen LogP contribution in [0.1, 0.15) is 0 Å². The van der Waals surface area contributed by atoms with Gasteiger partial charge in [0.05, 0.1) is 0 Å². The largest absolute Gasteiger partial charge is 1.00 e. The molecule has 0 unspecified atom stereocenters. The molecule has 0 aliphatic carbocycles. The predicted octanol–water partition coefficient (Wildman–Crippen LogP) is -1.65. The molecule has 7 heteroatoms. The monoisotopic (exact) mass is 398 g/mol. The molecular weight excluding hydrogens is 382 g/mol. The van der Waals surface area contributed by atoms with Gasteiger partial charge in [-0.2, -0.15) is 0 Å². The smallest absolute Gasteiger partial charge is 0.759 e. The summed E-state index contributed by atoms with van der Waals surface area (Å²) in [5.74, 6) is 0. The minimum absolute atomic E-state index is 0. The first-order chi connectivity index (χ1) is 11.9. The van der Waals surface area contributed by atoms with Gasteiger partial charge in [-0.25, -0.2) is 0 Å². The minimum atomic E-state index is -5.17. The number of hydrogen-bond acceptors (Lipinski definition) is 4. The SMILES string of the molecule is O=S(=O)([O-])[O-].[Na+].[Na+].c1ccc2ccccc2c1.c1ccc2ccccc2c1. The van der Waals surface area contributed by atoms with E-state index < -0.39 is 10.4 Å². The Balaban J connectivity index is 0.000000384. The van der Waals surface area contributed by atoms with Crippen LogP contribution in [0.3, 0.4) is 0 Å². The summed E-state index contributed by atoms with van der Waals surface area (Å²) in [6, 6.07) is 33.4. The molecule has 0 bridgehead atoms. The Labute approximate surface area is 203 Å². The van der Waals surface area contributed by atoms with Gasteiger partial charge in [0.1, 0.15) is 0 Å². The van der Waals surface area contributed by atoms with Gasteiger partial charge in [-0.3, -0.25) is 8.42 Å². The van der Waals surface area contributed by atoms with E-state index in [0.717, 1.165) is 0 Å². The maximum absolute atomic E-state index is 8.52.